The van der Waals surface area contributed by atoms with E-state index in [1.54, 1.807) is 33.2 Å². The van der Waals surface area contributed by atoms with Crippen molar-refractivity contribution in [3.63, 3.8) is 0 Å². The van der Waals surface area contributed by atoms with Gasteiger partial charge in [0.15, 0.2) is 0 Å². The number of pyridine rings is 1. The molecule has 35 heavy (non-hydrogen) atoms. The summed E-state index contributed by atoms with van der Waals surface area (Å²) < 4.78 is 60.0. The zero-order valence-electron chi connectivity index (χ0n) is 20.0. The quantitative estimate of drug-likeness (QED) is 0.449. The number of anilines is 1. The van der Waals surface area contributed by atoms with Crippen molar-refractivity contribution in [3.05, 3.63) is 53.2 Å². The van der Waals surface area contributed by atoms with E-state index in [2.05, 4.69) is 25.2 Å². The van der Waals surface area contributed by atoms with Crippen LogP contribution in [-0.4, -0.2) is 65.5 Å². The highest BCUT2D eigenvalue weighted by atomic mass is 31.2. The zero-order chi connectivity index (χ0) is 25.2. The molecule has 2 aromatic heterocycles. The van der Waals surface area contributed by atoms with Gasteiger partial charge in [-0.25, -0.2) is 23.1 Å². The number of methoxy groups -OCH3 is 1. The van der Waals surface area contributed by atoms with Crippen molar-refractivity contribution in [2.45, 2.75) is 26.3 Å². The molecular formula is C24H29F3N5O2P. The Balaban J connectivity index is 1.64. The van der Waals surface area contributed by atoms with Gasteiger partial charge in [-0.15, -0.1) is 0 Å². The molecular weight excluding hydrogens is 478 g/mol. The van der Waals surface area contributed by atoms with Crippen molar-refractivity contribution in [3.8, 4) is 0 Å². The van der Waals surface area contributed by atoms with E-state index in [1.807, 2.05) is 0 Å². The van der Waals surface area contributed by atoms with Crippen LogP contribution in [0, 0.1) is 12.7 Å². The molecule has 11 heteroatoms. The van der Waals surface area contributed by atoms with E-state index in [4.69, 9.17) is 4.74 Å². The number of rotatable bonds is 8. The summed E-state index contributed by atoms with van der Waals surface area (Å²) in [7, 11) is -1.05. The minimum atomic E-state index is -2.91. The van der Waals surface area contributed by atoms with Crippen molar-refractivity contribution in [2.75, 3.05) is 51.0 Å². The van der Waals surface area contributed by atoms with Crippen molar-refractivity contribution in [1.29, 1.82) is 0 Å². The highest BCUT2D eigenvalue weighted by Crippen LogP contribution is 2.46. The third kappa shape index (κ3) is 5.50. The number of benzene rings is 1. The highest BCUT2D eigenvalue weighted by molar-refractivity contribution is 7.71. The molecule has 0 spiro atoms. The van der Waals surface area contributed by atoms with Crippen molar-refractivity contribution < 1.29 is 22.5 Å². The van der Waals surface area contributed by atoms with Gasteiger partial charge in [0.1, 0.15) is 30.0 Å². The molecule has 0 radical (unpaired) electrons. The number of fused-ring (bicyclic) bond motifs is 1. The second kappa shape index (κ2) is 10.6. The first-order valence-corrected chi connectivity index (χ1v) is 13.6. The molecule has 1 atom stereocenters. The van der Waals surface area contributed by atoms with Crippen LogP contribution in [0.1, 0.15) is 36.3 Å². The molecule has 1 aliphatic heterocycles. The van der Waals surface area contributed by atoms with Crippen LogP contribution in [0.15, 0.2) is 30.5 Å². The van der Waals surface area contributed by atoms with Crippen molar-refractivity contribution in [1.82, 2.24) is 19.9 Å². The van der Waals surface area contributed by atoms with Crippen LogP contribution in [0.25, 0.3) is 10.9 Å². The number of halogens is 3. The second-order valence-electron chi connectivity index (χ2n) is 8.77. The predicted octanol–water partition coefficient (Wildman–Crippen LogP) is 4.53. The Morgan fingerprint density at radius 1 is 1.20 bits per heavy atom. The van der Waals surface area contributed by atoms with E-state index in [0.717, 1.165) is 12.6 Å². The van der Waals surface area contributed by atoms with E-state index in [0.29, 0.717) is 60.0 Å². The molecule has 3 aromatic rings. The van der Waals surface area contributed by atoms with Gasteiger partial charge in [-0.1, -0.05) is 18.2 Å². The van der Waals surface area contributed by atoms with Crippen LogP contribution in [0.5, 0.6) is 0 Å². The molecule has 1 N–H and O–H groups in total. The van der Waals surface area contributed by atoms with Gasteiger partial charge < -0.3 is 19.5 Å². The summed E-state index contributed by atoms with van der Waals surface area (Å²) in [6, 6.07) is 5.06. The number of hydrogen-bond acceptors (Lipinski definition) is 7. The van der Waals surface area contributed by atoms with E-state index < -0.39 is 31.0 Å². The summed E-state index contributed by atoms with van der Waals surface area (Å²) in [6.45, 7) is 6.22. The number of alkyl halides is 2. The summed E-state index contributed by atoms with van der Waals surface area (Å²) in [5, 5.41) is 3.75. The van der Waals surface area contributed by atoms with Gasteiger partial charge in [0.2, 0.25) is 0 Å². The van der Waals surface area contributed by atoms with Gasteiger partial charge >= 0.3 is 0 Å². The van der Waals surface area contributed by atoms with E-state index in [9.17, 15) is 17.7 Å². The lowest BCUT2D eigenvalue weighted by Crippen LogP contribution is -2.39. The van der Waals surface area contributed by atoms with Gasteiger partial charge in [-0.05, 0) is 19.9 Å². The molecule has 7 nitrogen and oxygen atoms in total. The maximum atomic E-state index is 14.7. The average molecular weight is 507 g/mol. The predicted molar refractivity (Wildman–Crippen MR) is 131 cm³/mol. The molecule has 1 aromatic carbocycles. The Bertz CT molecular complexity index is 1250. The van der Waals surface area contributed by atoms with Crippen molar-refractivity contribution >= 4 is 29.3 Å². The molecule has 4 rings (SSSR count). The molecule has 0 saturated carbocycles. The fraction of sp³-hybridized carbons (Fsp3) is 0.458. The van der Waals surface area contributed by atoms with Crippen LogP contribution >= 0.6 is 7.14 Å². The Kier molecular flexibility index (Phi) is 7.73. The molecule has 0 amide bonds. The highest BCUT2D eigenvalue weighted by Gasteiger charge is 2.32. The third-order valence-corrected chi connectivity index (χ3v) is 9.30. The number of nitrogens with one attached hydrogen (secondary N) is 1. The van der Waals surface area contributed by atoms with E-state index in [1.165, 1.54) is 12.1 Å². The lowest BCUT2D eigenvalue weighted by atomic mass is 10.0. The average Bonchev–Trinajstić information content (AvgIpc) is 2.83. The maximum Gasteiger partial charge on any atom is 0.266 e. The molecule has 0 aliphatic carbocycles. The molecule has 188 valence electrons. The minimum Gasteiger partial charge on any atom is -0.383 e. The summed E-state index contributed by atoms with van der Waals surface area (Å²) in [6.07, 6.45) is -0.278. The van der Waals surface area contributed by atoms with Crippen LogP contribution in [0.4, 0.5) is 19.0 Å². The van der Waals surface area contributed by atoms with Crippen LogP contribution < -0.4 is 10.8 Å². The topological polar surface area (TPSA) is 80.2 Å². The van der Waals surface area contributed by atoms with Gasteiger partial charge in [0.05, 0.1) is 29.9 Å². The summed E-state index contributed by atoms with van der Waals surface area (Å²) in [4.78, 5) is 15.6. The summed E-state index contributed by atoms with van der Waals surface area (Å²) in [5.74, 6) is -0.0536. The number of aromatic nitrogens is 3. The second-order valence-corrected chi connectivity index (χ2v) is 11.9. The molecule has 1 fully saturated rings. The Morgan fingerprint density at radius 2 is 1.91 bits per heavy atom. The first-order chi connectivity index (χ1) is 16.7. The summed E-state index contributed by atoms with van der Waals surface area (Å²) in [5.41, 5.74) is 0.549. The Morgan fingerprint density at radius 3 is 2.60 bits per heavy atom. The molecule has 0 bridgehead atoms. The SMILES string of the molecule is COCCN1CCP(=O)(c2cc3c(N[C@H](C)c4cccc(C(F)F)c4F)nc(C)nc3cn2)CC1. The normalized spacial score (nSPS) is 17.1. The lowest BCUT2D eigenvalue weighted by molar-refractivity contribution is 0.146. The fourth-order valence-electron chi connectivity index (χ4n) is 4.33. The molecule has 3 heterocycles. The van der Waals surface area contributed by atoms with Crippen LogP contribution in [-0.2, 0) is 9.30 Å². The van der Waals surface area contributed by atoms with Gasteiger partial charge in [-0.3, -0.25) is 4.98 Å². The Hall–Kier alpha value is -2.55. The number of aryl methyl sites for hydroxylation is 1. The standard InChI is InChI=1S/C24H29F3N5O2P/c1-15(17-5-4-6-18(22(17)25)23(26)27)29-24-19-13-21(28-14-20(19)30-16(2)31-24)35(33)11-8-32(9-12-35)7-10-34-3/h4-6,13-15,23H,7-12H2,1-3H3,(H,29,30,31)/t15-/m1/s1. The summed E-state index contributed by atoms with van der Waals surface area (Å²) >= 11 is 0. The fourth-order valence-corrected chi connectivity index (χ4v) is 6.85. The first-order valence-electron chi connectivity index (χ1n) is 11.5. The Labute approximate surface area is 202 Å². The van der Waals surface area contributed by atoms with Crippen LogP contribution in [0.2, 0.25) is 0 Å². The minimum absolute atomic E-state index is 0.109. The smallest absolute Gasteiger partial charge is 0.266 e. The van der Waals surface area contributed by atoms with Gasteiger partial charge in [0.25, 0.3) is 6.43 Å². The lowest BCUT2D eigenvalue weighted by Gasteiger charge is -2.31. The van der Waals surface area contributed by atoms with Gasteiger partial charge in [-0.2, -0.15) is 0 Å². The molecule has 0 unspecified atom stereocenters. The van der Waals surface area contributed by atoms with Crippen molar-refractivity contribution in [2.24, 2.45) is 0 Å². The molecule has 1 aliphatic rings. The van der Waals surface area contributed by atoms with Gasteiger partial charge in [0, 0.05) is 50.0 Å². The van der Waals surface area contributed by atoms with E-state index >= 15 is 0 Å². The zero-order valence-corrected chi connectivity index (χ0v) is 20.9. The monoisotopic (exact) mass is 507 g/mol. The third-order valence-electron chi connectivity index (χ3n) is 6.38. The number of hydrogen-bond donors (Lipinski definition) is 1. The molecule has 1 saturated heterocycles. The van der Waals surface area contributed by atoms with E-state index in [-0.39, 0.29) is 5.56 Å². The number of nitrogens with zero attached hydrogens (tertiary/aromatic N) is 4. The maximum absolute atomic E-state index is 14.7. The first kappa shape index (κ1) is 25.5. The largest absolute Gasteiger partial charge is 0.383 e. The van der Waals surface area contributed by atoms with Crippen LogP contribution in [0.3, 0.4) is 0 Å². The number of ether oxygens (including phenoxy) is 1.